The molecule has 0 unspecified atom stereocenters. The van der Waals surface area contributed by atoms with Crippen molar-refractivity contribution in [2.75, 3.05) is 0 Å². The molecule has 1 saturated carbocycles. The van der Waals surface area contributed by atoms with Crippen LogP contribution in [0.3, 0.4) is 0 Å². The molecule has 120 valence electrons. The van der Waals surface area contributed by atoms with Gasteiger partial charge in [-0.3, -0.25) is 9.59 Å². The van der Waals surface area contributed by atoms with Crippen LogP contribution < -0.4 is 10.9 Å². The van der Waals surface area contributed by atoms with E-state index in [-0.39, 0.29) is 5.56 Å². The molecular formula is C16H22N2O4. The minimum absolute atomic E-state index is 0.215. The predicted molar refractivity (Wildman–Crippen MR) is 81.8 cm³/mol. The van der Waals surface area contributed by atoms with Crippen molar-refractivity contribution in [1.29, 1.82) is 0 Å². The Morgan fingerprint density at radius 3 is 2.50 bits per heavy atom. The van der Waals surface area contributed by atoms with Gasteiger partial charge in [-0.15, -0.1) is 0 Å². The Hall–Kier alpha value is -2.11. The first-order valence-corrected chi connectivity index (χ1v) is 7.60. The summed E-state index contributed by atoms with van der Waals surface area (Å²) >= 11 is 0. The largest absolute Gasteiger partial charge is 0.480 e. The van der Waals surface area contributed by atoms with E-state index in [1.807, 2.05) is 0 Å². The van der Waals surface area contributed by atoms with Crippen LogP contribution in [-0.2, 0) is 11.8 Å². The highest BCUT2D eigenvalue weighted by molar-refractivity contribution is 5.97. The number of carbonyl (C=O) groups is 2. The zero-order valence-electron chi connectivity index (χ0n) is 13.0. The van der Waals surface area contributed by atoms with Gasteiger partial charge in [0.1, 0.15) is 5.54 Å². The summed E-state index contributed by atoms with van der Waals surface area (Å²) in [6.45, 7) is 2.10. The van der Waals surface area contributed by atoms with Crippen LogP contribution in [-0.4, -0.2) is 27.1 Å². The molecule has 1 aliphatic carbocycles. The molecule has 6 nitrogen and oxygen atoms in total. The summed E-state index contributed by atoms with van der Waals surface area (Å²) in [7, 11) is 1.55. The van der Waals surface area contributed by atoms with Crippen molar-refractivity contribution in [2.24, 2.45) is 13.0 Å². The number of carbonyl (C=O) groups excluding carboxylic acids is 1. The van der Waals surface area contributed by atoms with Crippen LogP contribution in [0.4, 0.5) is 0 Å². The van der Waals surface area contributed by atoms with Gasteiger partial charge in [0.2, 0.25) is 5.56 Å². The SMILES string of the molecule is CCC1CCC(NC(=O)c2ccc(=O)n(C)c2)(C(=O)O)CC1. The first-order chi connectivity index (χ1) is 10.4. The second kappa shape index (κ2) is 6.34. The highest BCUT2D eigenvalue weighted by Gasteiger charge is 2.43. The zero-order valence-corrected chi connectivity index (χ0v) is 13.0. The first kappa shape index (κ1) is 16.3. The Labute approximate surface area is 129 Å². The molecule has 1 heterocycles. The molecule has 0 bridgehead atoms. The fourth-order valence-corrected chi connectivity index (χ4v) is 2.99. The molecule has 2 rings (SSSR count). The third-order valence-corrected chi connectivity index (χ3v) is 4.65. The third-order valence-electron chi connectivity index (χ3n) is 4.65. The van der Waals surface area contributed by atoms with E-state index in [2.05, 4.69) is 12.2 Å². The molecule has 1 fully saturated rings. The molecule has 0 saturated heterocycles. The Morgan fingerprint density at radius 2 is 2.00 bits per heavy atom. The number of aliphatic carboxylic acids is 1. The number of carboxylic acid groups (broad SMARTS) is 1. The fraction of sp³-hybridized carbons (Fsp3) is 0.562. The van der Waals surface area contributed by atoms with Crippen LogP contribution in [0.5, 0.6) is 0 Å². The Morgan fingerprint density at radius 1 is 1.36 bits per heavy atom. The topological polar surface area (TPSA) is 88.4 Å². The van der Waals surface area contributed by atoms with Crippen molar-refractivity contribution in [2.45, 2.75) is 44.6 Å². The summed E-state index contributed by atoms with van der Waals surface area (Å²) in [6.07, 6.45) is 4.94. The van der Waals surface area contributed by atoms with Gasteiger partial charge in [0.05, 0.1) is 5.56 Å². The van der Waals surface area contributed by atoms with Crippen LogP contribution in [0.15, 0.2) is 23.1 Å². The van der Waals surface area contributed by atoms with Crippen molar-refractivity contribution in [3.63, 3.8) is 0 Å². The lowest BCUT2D eigenvalue weighted by Gasteiger charge is -2.37. The molecule has 0 atom stereocenters. The summed E-state index contributed by atoms with van der Waals surface area (Å²) < 4.78 is 1.30. The smallest absolute Gasteiger partial charge is 0.329 e. The van der Waals surface area contributed by atoms with E-state index in [0.717, 1.165) is 19.3 Å². The standard InChI is InChI=1S/C16H22N2O4/c1-3-11-6-8-16(9-7-11,15(21)22)17-14(20)12-4-5-13(19)18(2)10-12/h4-5,10-11H,3,6-9H2,1-2H3,(H,17,20)(H,21,22). The zero-order chi connectivity index (χ0) is 16.3. The van der Waals surface area contributed by atoms with Crippen LogP contribution in [0, 0.1) is 5.92 Å². The molecule has 1 amide bonds. The van der Waals surface area contributed by atoms with Gasteiger partial charge in [0.15, 0.2) is 0 Å². The minimum Gasteiger partial charge on any atom is -0.480 e. The van der Waals surface area contributed by atoms with Gasteiger partial charge in [0.25, 0.3) is 5.91 Å². The number of rotatable bonds is 4. The summed E-state index contributed by atoms with van der Waals surface area (Å²) in [6, 6.07) is 2.72. The molecule has 1 aromatic heterocycles. The van der Waals surface area contributed by atoms with Crippen molar-refractivity contribution in [3.05, 3.63) is 34.2 Å². The number of carboxylic acids is 1. The van der Waals surface area contributed by atoms with Gasteiger partial charge in [-0.05, 0) is 37.7 Å². The van der Waals surface area contributed by atoms with Gasteiger partial charge >= 0.3 is 5.97 Å². The quantitative estimate of drug-likeness (QED) is 0.883. The highest BCUT2D eigenvalue weighted by Crippen LogP contribution is 2.34. The Kier molecular flexibility index (Phi) is 4.68. The number of nitrogens with one attached hydrogen (secondary N) is 1. The first-order valence-electron chi connectivity index (χ1n) is 7.60. The van der Waals surface area contributed by atoms with E-state index in [1.165, 1.54) is 22.9 Å². The molecule has 2 N–H and O–H groups in total. The van der Waals surface area contributed by atoms with Gasteiger partial charge in [-0.25, -0.2) is 4.79 Å². The van der Waals surface area contributed by atoms with Crippen LogP contribution in [0.2, 0.25) is 0 Å². The number of aromatic nitrogens is 1. The number of pyridine rings is 1. The third kappa shape index (κ3) is 3.21. The van der Waals surface area contributed by atoms with Gasteiger partial charge in [-0.1, -0.05) is 13.3 Å². The van der Waals surface area contributed by atoms with Gasteiger partial charge in [0, 0.05) is 19.3 Å². The van der Waals surface area contributed by atoms with E-state index < -0.39 is 17.4 Å². The summed E-state index contributed by atoms with van der Waals surface area (Å²) in [5.74, 6) is -0.907. The maximum atomic E-state index is 12.3. The maximum absolute atomic E-state index is 12.3. The molecule has 22 heavy (non-hydrogen) atoms. The average molecular weight is 306 g/mol. The summed E-state index contributed by atoms with van der Waals surface area (Å²) in [4.78, 5) is 35.4. The van der Waals surface area contributed by atoms with E-state index in [9.17, 15) is 19.5 Å². The van der Waals surface area contributed by atoms with E-state index in [4.69, 9.17) is 0 Å². The molecule has 1 aromatic rings. The minimum atomic E-state index is -1.20. The second-order valence-electron chi connectivity index (χ2n) is 6.06. The number of aryl methyl sites for hydroxylation is 1. The van der Waals surface area contributed by atoms with E-state index >= 15 is 0 Å². The lowest BCUT2D eigenvalue weighted by atomic mass is 9.75. The van der Waals surface area contributed by atoms with Crippen LogP contribution in [0.1, 0.15) is 49.4 Å². The van der Waals surface area contributed by atoms with Crippen LogP contribution in [0.25, 0.3) is 0 Å². The molecule has 0 aliphatic heterocycles. The van der Waals surface area contributed by atoms with Crippen molar-refractivity contribution in [3.8, 4) is 0 Å². The molecule has 0 spiro atoms. The molecule has 0 aromatic carbocycles. The lowest BCUT2D eigenvalue weighted by molar-refractivity contribution is -0.146. The maximum Gasteiger partial charge on any atom is 0.329 e. The van der Waals surface area contributed by atoms with Crippen molar-refractivity contribution < 1.29 is 14.7 Å². The normalized spacial score (nSPS) is 24.7. The Bertz CT molecular complexity index is 627. The highest BCUT2D eigenvalue weighted by atomic mass is 16.4. The lowest BCUT2D eigenvalue weighted by Crippen LogP contribution is -2.56. The number of amides is 1. The molecular weight excluding hydrogens is 284 g/mol. The van der Waals surface area contributed by atoms with Crippen LogP contribution >= 0.6 is 0 Å². The number of hydrogen-bond acceptors (Lipinski definition) is 3. The Balaban J connectivity index is 2.17. The second-order valence-corrected chi connectivity index (χ2v) is 6.06. The van der Waals surface area contributed by atoms with E-state index in [1.54, 1.807) is 7.05 Å². The predicted octanol–water partition coefficient (Wildman–Crippen LogP) is 1.54. The molecule has 6 heteroatoms. The van der Waals surface area contributed by atoms with E-state index in [0.29, 0.717) is 24.3 Å². The summed E-state index contributed by atoms with van der Waals surface area (Å²) in [5, 5.41) is 12.3. The molecule has 1 aliphatic rings. The summed E-state index contributed by atoms with van der Waals surface area (Å²) in [5.41, 5.74) is -1.12. The van der Waals surface area contributed by atoms with Gasteiger partial charge in [-0.2, -0.15) is 0 Å². The fourth-order valence-electron chi connectivity index (χ4n) is 2.99. The number of hydrogen-bond donors (Lipinski definition) is 2. The van der Waals surface area contributed by atoms with Crippen molar-refractivity contribution in [1.82, 2.24) is 9.88 Å². The van der Waals surface area contributed by atoms with Crippen molar-refractivity contribution >= 4 is 11.9 Å². The number of nitrogens with zero attached hydrogens (tertiary/aromatic N) is 1. The average Bonchev–Trinajstić information content (AvgIpc) is 2.50. The monoisotopic (exact) mass is 306 g/mol. The van der Waals surface area contributed by atoms with Gasteiger partial charge < -0.3 is 15.0 Å². The molecule has 0 radical (unpaired) electrons.